The van der Waals surface area contributed by atoms with E-state index in [4.69, 9.17) is 14.2 Å². The van der Waals surface area contributed by atoms with Crippen LogP contribution in [0.2, 0.25) is 0 Å². The molecule has 9 nitrogen and oxygen atoms in total. The summed E-state index contributed by atoms with van der Waals surface area (Å²) >= 11 is 0. The van der Waals surface area contributed by atoms with Gasteiger partial charge in [-0.3, -0.25) is 9.89 Å². The zero-order valence-electron chi connectivity index (χ0n) is 20.8. The lowest BCUT2D eigenvalue weighted by molar-refractivity contribution is -0.125. The number of nitrogens with zero attached hydrogens (tertiary/aromatic N) is 4. The quantitative estimate of drug-likeness (QED) is 0.335. The summed E-state index contributed by atoms with van der Waals surface area (Å²) in [5, 5.41) is 7.90. The summed E-state index contributed by atoms with van der Waals surface area (Å²) in [7, 11) is 3.93. The van der Waals surface area contributed by atoms with E-state index in [2.05, 4.69) is 15.2 Å². The van der Waals surface area contributed by atoms with Crippen molar-refractivity contribution in [2.45, 2.75) is 12.5 Å². The highest BCUT2D eigenvalue weighted by Gasteiger charge is 2.28. The molecule has 0 bridgehead atoms. The van der Waals surface area contributed by atoms with Crippen LogP contribution in [0.3, 0.4) is 0 Å². The molecule has 2 aromatic heterocycles. The van der Waals surface area contributed by atoms with Crippen LogP contribution in [0, 0.1) is 0 Å². The van der Waals surface area contributed by atoms with E-state index >= 15 is 0 Å². The van der Waals surface area contributed by atoms with Gasteiger partial charge < -0.3 is 24.0 Å². The Labute approximate surface area is 215 Å². The molecule has 0 aliphatic carbocycles. The second-order valence-corrected chi connectivity index (χ2v) is 9.03. The van der Waals surface area contributed by atoms with E-state index in [0.29, 0.717) is 47.3 Å². The van der Waals surface area contributed by atoms with Crippen molar-refractivity contribution in [3.63, 3.8) is 0 Å². The van der Waals surface area contributed by atoms with E-state index in [0.717, 1.165) is 18.7 Å². The molecular weight excluding hydrogens is 470 g/mol. The molecule has 1 aliphatic heterocycles. The molecule has 1 saturated heterocycles. The molecule has 0 spiro atoms. The summed E-state index contributed by atoms with van der Waals surface area (Å²) in [6, 6.07) is 18.8. The number of benzene rings is 2. The van der Waals surface area contributed by atoms with Crippen molar-refractivity contribution >= 4 is 16.9 Å². The molecule has 0 unspecified atom stereocenters. The maximum absolute atomic E-state index is 12.5. The molecule has 5 rings (SSSR count). The molecule has 1 N–H and O–H groups in total. The van der Waals surface area contributed by atoms with Gasteiger partial charge in [-0.2, -0.15) is 0 Å². The molecule has 37 heavy (non-hydrogen) atoms. The Morgan fingerprint density at radius 1 is 1.05 bits per heavy atom. The van der Waals surface area contributed by atoms with Crippen molar-refractivity contribution in [2.75, 3.05) is 33.7 Å². The van der Waals surface area contributed by atoms with Gasteiger partial charge in [-0.1, -0.05) is 24.3 Å². The van der Waals surface area contributed by atoms with Crippen LogP contribution in [0.1, 0.15) is 6.42 Å². The number of likely N-dealkylation sites (N-methyl/N-ethyl adjacent to an activating group) is 1. The van der Waals surface area contributed by atoms with E-state index in [-0.39, 0.29) is 12.0 Å². The number of likely N-dealkylation sites (tertiary alicyclic amines) is 1. The van der Waals surface area contributed by atoms with Crippen LogP contribution in [0.25, 0.3) is 11.0 Å². The Bertz CT molecular complexity index is 1370. The van der Waals surface area contributed by atoms with Crippen molar-refractivity contribution in [1.29, 1.82) is 0 Å². The molecule has 0 radical (unpaired) electrons. The van der Waals surface area contributed by atoms with Gasteiger partial charge in [0.1, 0.15) is 34.5 Å². The minimum atomic E-state index is -0.167. The second kappa shape index (κ2) is 11.1. The fraction of sp³-hybridized carbons (Fsp3) is 0.250. The summed E-state index contributed by atoms with van der Waals surface area (Å²) in [6.07, 6.45) is 5.70. The maximum Gasteiger partial charge on any atom is 0.246 e. The lowest BCUT2D eigenvalue weighted by Crippen LogP contribution is -2.29. The highest BCUT2D eigenvalue weighted by molar-refractivity contribution is 5.88. The molecule has 1 aliphatic rings. The third-order valence-corrected chi connectivity index (χ3v) is 5.89. The van der Waals surface area contributed by atoms with E-state index < -0.39 is 0 Å². The number of aromatic nitrogens is 3. The van der Waals surface area contributed by atoms with Crippen molar-refractivity contribution in [3.05, 3.63) is 79.0 Å². The summed E-state index contributed by atoms with van der Waals surface area (Å²) in [5.74, 6) is 3.09. The topological polar surface area (TPSA) is 92.8 Å². The molecule has 0 saturated carbocycles. The summed E-state index contributed by atoms with van der Waals surface area (Å²) in [5.41, 5.74) is 0.564. The zero-order chi connectivity index (χ0) is 25.6. The number of H-pyrrole nitrogens is 1. The third kappa shape index (κ3) is 6.07. The van der Waals surface area contributed by atoms with Gasteiger partial charge in [0.05, 0.1) is 6.54 Å². The number of hydrogen-bond donors (Lipinski definition) is 1. The highest BCUT2D eigenvalue weighted by atomic mass is 16.5. The Hall–Kier alpha value is -4.37. The Balaban J connectivity index is 1.25. The average Bonchev–Trinajstić information content (AvgIpc) is 3.54. The Morgan fingerprint density at radius 3 is 2.54 bits per heavy atom. The lowest BCUT2D eigenvalue weighted by Gasteiger charge is -2.15. The largest absolute Gasteiger partial charge is 0.471 e. The van der Waals surface area contributed by atoms with Crippen LogP contribution >= 0.6 is 0 Å². The Morgan fingerprint density at radius 2 is 1.78 bits per heavy atom. The predicted octanol–water partition coefficient (Wildman–Crippen LogP) is 4.64. The van der Waals surface area contributed by atoms with Gasteiger partial charge in [-0.05, 0) is 50.5 Å². The van der Waals surface area contributed by atoms with Crippen LogP contribution in [0.5, 0.6) is 28.9 Å². The molecule has 1 atom stereocenters. The second-order valence-electron chi connectivity index (χ2n) is 9.03. The lowest BCUT2D eigenvalue weighted by atomic mass is 10.3. The number of nitrogens with one attached hydrogen (secondary N) is 1. The van der Waals surface area contributed by atoms with E-state index in [1.165, 1.54) is 0 Å². The van der Waals surface area contributed by atoms with Gasteiger partial charge in [-0.25, -0.2) is 4.98 Å². The summed E-state index contributed by atoms with van der Waals surface area (Å²) in [4.78, 5) is 20.6. The first-order chi connectivity index (χ1) is 18.0. The fourth-order valence-electron chi connectivity index (χ4n) is 4.04. The smallest absolute Gasteiger partial charge is 0.246 e. The van der Waals surface area contributed by atoms with Crippen molar-refractivity contribution in [1.82, 2.24) is 25.0 Å². The highest BCUT2D eigenvalue weighted by Crippen LogP contribution is 2.35. The number of carbonyl (C=O) groups excluding carboxylic acids is 1. The number of para-hydroxylation sites is 1. The molecule has 9 heteroatoms. The molecule has 1 amide bonds. The fourth-order valence-corrected chi connectivity index (χ4v) is 4.04. The first-order valence-corrected chi connectivity index (χ1v) is 12.2. The number of carbonyl (C=O) groups is 1. The SMILES string of the molecule is CN(C)C/C=C/C(=O)N1CC[C@@H](Oc2n[nH]c3nccc(Oc4ccc(Oc5ccccc5)cc4)c23)C1. The first kappa shape index (κ1) is 24.3. The minimum Gasteiger partial charge on any atom is -0.471 e. The van der Waals surface area contributed by atoms with Gasteiger partial charge in [-0.15, -0.1) is 5.10 Å². The van der Waals surface area contributed by atoms with Crippen molar-refractivity contribution in [2.24, 2.45) is 0 Å². The van der Waals surface area contributed by atoms with Gasteiger partial charge in [0.25, 0.3) is 0 Å². The minimum absolute atomic E-state index is 0.00906. The monoisotopic (exact) mass is 499 g/mol. The third-order valence-electron chi connectivity index (χ3n) is 5.89. The van der Waals surface area contributed by atoms with Crippen LogP contribution in [-0.2, 0) is 4.79 Å². The van der Waals surface area contributed by atoms with Crippen LogP contribution < -0.4 is 14.2 Å². The summed E-state index contributed by atoms with van der Waals surface area (Å²) in [6.45, 7) is 1.85. The van der Waals surface area contributed by atoms with Crippen molar-refractivity contribution < 1.29 is 19.0 Å². The number of fused-ring (bicyclic) bond motifs is 1. The van der Waals surface area contributed by atoms with Crippen LogP contribution in [0.15, 0.2) is 79.0 Å². The van der Waals surface area contributed by atoms with E-state index in [9.17, 15) is 4.79 Å². The predicted molar refractivity (Wildman–Crippen MR) is 140 cm³/mol. The number of hydrogen-bond acceptors (Lipinski definition) is 7. The van der Waals surface area contributed by atoms with Gasteiger partial charge in [0.15, 0.2) is 5.65 Å². The van der Waals surface area contributed by atoms with Gasteiger partial charge in [0.2, 0.25) is 11.8 Å². The number of ether oxygens (including phenoxy) is 3. The number of pyridine rings is 1. The average molecular weight is 500 g/mol. The standard InChI is InChI=1S/C28H29N5O4/c1-32(2)17-6-9-25(34)33-18-15-23(19-33)37-28-26-24(14-16-29-27(26)30-31-28)36-22-12-10-21(11-13-22)35-20-7-4-3-5-8-20/h3-14,16,23H,15,17-19H2,1-2H3,(H,29,30,31)/b9-6+/t23-/m1/s1. The molecule has 2 aromatic carbocycles. The molecule has 1 fully saturated rings. The molecule has 190 valence electrons. The Kier molecular flexibility index (Phi) is 7.32. The number of amides is 1. The van der Waals surface area contributed by atoms with Gasteiger partial charge >= 0.3 is 0 Å². The normalized spacial score (nSPS) is 15.5. The number of rotatable bonds is 9. The van der Waals surface area contributed by atoms with Gasteiger partial charge in [0, 0.05) is 37.8 Å². The molecule has 3 heterocycles. The van der Waals surface area contributed by atoms with Crippen molar-refractivity contribution in [3.8, 4) is 28.9 Å². The summed E-state index contributed by atoms with van der Waals surface area (Å²) < 4.78 is 18.2. The molecular formula is C28H29N5O4. The van der Waals surface area contributed by atoms with Crippen LogP contribution in [0.4, 0.5) is 0 Å². The van der Waals surface area contributed by atoms with E-state index in [1.54, 1.807) is 23.2 Å². The maximum atomic E-state index is 12.5. The molecule has 4 aromatic rings. The number of aromatic amines is 1. The van der Waals surface area contributed by atoms with E-state index in [1.807, 2.05) is 79.7 Å². The first-order valence-electron chi connectivity index (χ1n) is 12.2. The van der Waals surface area contributed by atoms with Crippen LogP contribution in [-0.4, -0.2) is 70.7 Å². The zero-order valence-corrected chi connectivity index (χ0v) is 20.8.